The second kappa shape index (κ2) is 9.67. The van der Waals surface area contributed by atoms with Crippen LogP contribution >= 0.6 is 0 Å². The number of oxime groups is 1. The normalized spacial score (nSPS) is 23.1. The zero-order valence-corrected chi connectivity index (χ0v) is 22.6. The number of imide groups is 1. The van der Waals surface area contributed by atoms with Gasteiger partial charge in [0.2, 0.25) is 11.8 Å². The topological polar surface area (TPSA) is 128 Å². The molecule has 0 unspecified atom stereocenters. The summed E-state index contributed by atoms with van der Waals surface area (Å²) in [5.74, 6) is 0.194. The summed E-state index contributed by atoms with van der Waals surface area (Å²) in [6, 6.07) is 12.9. The first-order valence-electron chi connectivity index (χ1n) is 13.2. The molecule has 6 rings (SSSR count). The average Bonchev–Trinajstić information content (AvgIpc) is 3.71. The molecule has 2 saturated heterocycles. The lowest BCUT2D eigenvalue weighted by Gasteiger charge is -2.28. The van der Waals surface area contributed by atoms with Crippen molar-refractivity contribution in [3.05, 3.63) is 64.9 Å². The molecule has 2 aromatic carbocycles. The first-order chi connectivity index (χ1) is 19.2. The highest BCUT2D eigenvalue weighted by Gasteiger charge is 2.53. The van der Waals surface area contributed by atoms with Crippen molar-refractivity contribution in [2.24, 2.45) is 5.16 Å². The van der Waals surface area contributed by atoms with Gasteiger partial charge in [-0.05, 0) is 62.5 Å². The van der Waals surface area contributed by atoms with Gasteiger partial charge in [0.05, 0.1) is 13.5 Å². The summed E-state index contributed by atoms with van der Waals surface area (Å²) in [6.45, 7) is 1.80. The summed E-state index contributed by atoms with van der Waals surface area (Å²) in [6.07, 6.45) is 0.826. The maximum absolute atomic E-state index is 13.3. The van der Waals surface area contributed by atoms with E-state index in [0.717, 1.165) is 25.1 Å². The number of hydrogen-bond donors (Lipinski definition) is 2. The Labute approximate surface area is 230 Å². The van der Waals surface area contributed by atoms with Crippen molar-refractivity contribution in [1.82, 2.24) is 20.0 Å². The quantitative estimate of drug-likeness (QED) is 0.159. The number of benzene rings is 2. The van der Waals surface area contributed by atoms with E-state index in [1.807, 2.05) is 37.2 Å². The summed E-state index contributed by atoms with van der Waals surface area (Å²) in [5, 5.41) is 16.6. The van der Waals surface area contributed by atoms with Gasteiger partial charge in [-0.3, -0.25) is 19.7 Å². The number of hydrogen-bond acceptors (Lipinski definition) is 8. The number of rotatable bonds is 6. The number of furan rings is 1. The van der Waals surface area contributed by atoms with E-state index in [9.17, 15) is 19.6 Å². The van der Waals surface area contributed by atoms with E-state index in [2.05, 4.69) is 15.4 Å². The lowest BCUT2D eigenvalue weighted by Crippen LogP contribution is -2.46. The Morgan fingerprint density at radius 2 is 2.02 bits per heavy atom. The molecule has 3 aromatic rings. The summed E-state index contributed by atoms with van der Waals surface area (Å²) < 4.78 is 11.5. The number of carbonyl (C=O) groups excluding carboxylic acids is 3. The van der Waals surface area contributed by atoms with Gasteiger partial charge in [-0.25, -0.2) is 0 Å². The summed E-state index contributed by atoms with van der Waals surface area (Å²) in [7, 11) is 5.61. The number of likely N-dealkylation sites (tertiary alicyclic amines) is 1. The van der Waals surface area contributed by atoms with Gasteiger partial charge in [-0.15, -0.1) is 0 Å². The minimum atomic E-state index is -1.38. The van der Waals surface area contributed by atoms with E-state index >= 15 is 0 Å². The first-order valence-corrected chi connectivity index (χ1v) is 13.2. The molecule has 0 spiro atoms. The third-order valence-electron chi connectivity index (χ3n) is 8.34. The van der Waals surface area contributed by atoms with E-state index in [-0.39, 0.29) is 18.9 Å². The Kier molecular flexibility index (Phi) is 6.25. The number of nitrogens with one attached hydrogen (secondary N) is 1. The third kappa shape index (κ3) is 4.17. The molecule has 0 bridgehead atoms. The number of ether oxygens (including phenoxy) is 1. The van der Waals surface area contributed by atoms with Crippen LogP contribution in [0.25, 0.3) is 11.0 Å². The van der Waals surface area contributed by atoms with Crippen molar-refractivity contribution >= 4 is 34.5 Å². The Balaban J connectivity index is 1.32. The predicted molar refractivity (Wildman–Crippen MR) is 145 cm³/mol. The van der Waals surface area contributed by atoms with Crippen molar-refractivity contribution < 1.29 is 28.7 Å². The number of amidine groups is 1. The van der Waals surface area contributed by atoms with Crippen LogP contribution in [-0.2, 0) is 21.5 Å². The minimum Gasteiger partial charge on any atom is -0.497 e. The number of nitrogens with zero attached hydrogens (tertiary/aromatic N) is 4. The minimum absolute atomic E-state index is 0.0177. The van der Waals surface area contributed by atoms with Crippen molar-refractivity contribution in [2.45, 2.75) is 30.8 Å². The van der Waals surface area contributed by atoms with Gasteiger partial charge < -0.3 is 29.1 Å². The SMILES string of the molecule is COc1ccc2c(c1)C(=O)N(C[C@@]1(c3cc4cc(/C(=N\O)N5CC[C@H](N(C)C)C5)ccc4o3)CC(=O)NC1=O)C2. The molecule has 3 aliphatic heterocycles. The monoisotopic (exact) mass is 545 g/mol. The van der Waals surface area contributed by atoms with E-state index in [4.69, 9.17) is 9.15 Å². The summed E-state index contributed by atoms with van der Waals surface area (Å²) in [4.78, 5) is 44.9. The fourth-order valence-corrected chi connectivity index (χ4v) is 6.05. The van der Waals surface area contributed by atoms with Crippen LogP contribution in [0.5, 0.6) is 5.75 Å². The molecule has 3 aliphatic rings. The van der Waals surface area contributed by atoms with Crippen LogP contribution in [0.15, 0.2) is 52.0 Å². The van der Waals surface area contributed by atoms with Crippen LogP contribution in [0.3, 0.4) is 0 Å². The molecule has 4 heterocycles. The molecule has 0 saturated carbocycles. The number of fused-ring (bicyclic) bond motifs is 2. The highest BCUT2D eigenvalue weighted by molar-refractivity contribution is 6.10. The molecule has 0 aliphatic carbocycles. The Bertz CT molecular complexity index is 1560. The smallest absolute Gasteiger partial charge is 0.254 e. The maximum atomic E-state index is 13.3. The molecule has 3 amide bonds. The molecule has 11 heteroatoms. The molecule has 40 heavy (non-hydrogen) atoms. The Hall–Kier alpha value is -4.38. The fraction of sp³-hybridized carbons (Fsp3) is 0.379. The van der Waals surface area contributed by atoms with Crippen LogP contribution in [0.1, 0.15) is 40.1 Å². The van der Waals surface area contributed by atoms with Crippen LogP contribution in [0, 0.1) is 0 Å². The van der Waals surface area contributed by atoms with E-state index in [1.165, 1.54) is 7.11 Å². The van der Waals surface area contributed by atoms with E-state index in [0.29, 0.717) is 52.0 Å². The first kappa shape index (κ1) is 25.9. The van der Waals surface area contributed by atoms with E-state index < -0.39 is 17.2 Å². The zero-order chi connectivity index (χ0) is 28.2. The van der Waals surface area contributed by atoms with Gasteiger partial charge in [-0.1, -0.05) is 11.2 Å². The largest absolute Gasteiger partial charge is 0.497 e. The van der Waals surface area contributed by atoms with Crippen LogP contribution in [0.4, 0.5) is 0 Å². The van der Waals surface area contributed by atoms with Gasteiger partial charge in [0.25, 0.3) is 5.91 Å². The van der Waals surface area contributed by atoms with Gasteiger partial charge in [0.1, 0.15) is 22.5 Å². The summed E-state index contributed by atoms with van der Waals surface area (Å²) >= 11 is 0. The lowest BCUT2D eigenvalue weighted by molar-refractivity contribution is -0.127. The number of likely N-dealkylation sites (N-methyl/N-ethyl adjacent to an activating group) is 1. The second-order valence-electron chi connectivity index (χ2n) is 11.0. The molecular formula is C29H31N5O6. The summed E-state index contributed by atoms with van der Waals surface area (Å²) in [5.41, 5.74) is 1.20. The lowest BCUT2D eigenvalue weighted by atomic mass is 9.82. The molecular weight excluding hydrogens is 514 g/mol. The van der Waals surface area contributed by atoms with Crippen LogP contribution in [0.2, 0.25) is 0 Å². The van der Waals surface area contributed by atoms with Crippen molar-refractivity contribution in [2.75, 3.05) is 40.8 Å². The molecule has 208 valence electrons. The Morgan fingerprint density at radius 1 is 1.20 bits per heavy atom. The van der Waals surface area contributed by atoms with Gasteiger partial charge in [0, 0.05) is 48.7 Å². The fourth-order valence-electron chi connectivity index (χ4n) is 6.05. The Morgan fingerprint density at radius 3 is 2.70 bits per heavy atom. The van der Waals surface area contributed by atoms with Crippen molar-refractivity contribution in [3.63, 3.8) is 0 Å². The van der Waals surface area contributed by atoms with E-state index in [1.54, 1.807) is 29.2 Å². The number of methoxy groups -OCH3 is 1. The van der Waals surface area contributed by atoms with Crippen LogP contribution in [-0.4, -0.2) is 90.3 Å². The number of amides is 3. The molecule has 1 aromatic heterocycles. The molecule has 2 N–H and O–H groups in total. The molecule has 11 nitrogen and oxygen atoms in total. The van der Waals surface area contributed by atoms with Crippen LogP contribution < -0.4 is 10.1 Å². The highest BCUT2D eigenvalue weighted by Crippen LogP contribution is 2.39. The number of carbonyl (C=O) groups is 3. The van der Waals surface area contributed by atoms with Gasteiger partial charge in [0.15, 0.2) is 5.84 Å². The second-order valence-corrected chi connectivity index (χ2v) is 11.0. The zero-order valence-electron chi connectivity index (χ0n) is 22.6. The highest BCUT2D eigenvalue weighted by atomic mass is 16.5. The van der Waals surface area contributed by atoms with Gasteiger partial charge >= 0.3 is 0 Å². The predicted octanol–water partition coefficient (Wildman–Crippen LogP) is 2.15. The standard InChI is InChI=1S/C29H31N5O6/c1-32(2)20-8-9-33(15-20)26(31-38)17-5-7-23-19(10-17)11-24(40-23)29(13-25(35)30-28(29)37)16-34-14-18-4-6-21(39-3)12-22(18)27(34)36/h4-7,10-12,20,38H,8-9,13-16H2,1-3H3,(H,30,35,37)/b31-26+/t20-,29+/m0/s1. The van der Waals surface area contributed by atoms with Crippen molar-refractivity contribution in [1.29, 1.82) is 0 Å². The van der Waals surface area contributed by atoms with Crippen molar-refractivity contribution in [3.8, 4) is 5.75 Å². The third-order valence-corrected chi connectivity index (χ3v) is 8.34. The molecule has 2 fully saturated rings. The average molecular weight is 546 g/mol. The molecule has 0 radical (unpaired) electrons. The maximum Gasteiger partial charge on any atom is 0.254 e. The van der Waals surface area contributed by atoms with Gasteiger partial charge in [-0.2, -0.15) is 0 Å². The molecule has 2 atom stereocenters.